The maximum absolute atomic E-state index is 12.8. The van der Waals surface area contributed by atoms with Gasteiger partial charge in [0, 0.05) is 31.7 Å². The molecular formula is C23H32N4O2. The lowest BCUT2D eigenvalue weighted by molar-refractivity contribution is 0.0993. The van der Waals surface area contributed by atoms with Gasteiger partial charge in [0.2, 0.25) is 0 Å². The molecule has 0 N–H and O–H groups in total. The quantitative estimate of drug-likeness (QED) is 0.717. The Hall–Kier alpha value is -2.60. The van der Waals surface area contributed by atoms with E-state index >= 15 is 0 Å². The smallest absolute Gasteiger partial charge is 0.258 e. The molecule has 1 fully saturated rings. The number of hydrogen-bond acceptors (Lipinski definition) is 5. The Bertz CT molecular complexity index is 803. The number of benzene rings is 1. The van der Waals surface area contributed by atoms with Gasteiger partial charge in [0.05, 0.1) is 18.5 Å². The normalized spacial score (nSPS) is 16.5. The topological polar surface area (TPSA) is 48.9 Å². The molecule has 1 unspecified atom stereocenters. The first-order chi connectivity index (χ1) is 13.8. The lowest BCUT2D eigenvalue weighted by Gasteiger charge is -2.22. The summed E-state index contributed by atoms with van der Waals surface area (Å²) in [6, 6.07) is 11.8. The third-order valence-electron chi connectivity index (χ3n) is 5.33. The molecule has 6 heteroatoms. The number of anilines is 2. The van der Waals surface area contributed by atoms with Crippen molar-refractivity contribution < 1.29 is 9.53 Å². The van der Waals surface area contributed by atoms with Crippen LogP contribution < -0.4 is 14.5 Å². The minimum atomic E-state index is -0.0659. The predicted octanol–water partition coefficient (Wildman–Crippen LogP) is 3.53. The summed E-state index contributed by atoms with van der Waals surface area (Å²) < 4.78 is 5.69. The van der Waals surface area contributed by atoms with Gasteiger partial charge in [0.25, 0.3) is 5.91 Å². The summed E-state index contributed by atoms with van der Waals surface area (Å²) in [5.41, 5.74) is 1.41. The summed E-state index contributed by atoms with van der Waals surface area (Å²) in [7, 11) is 6.02. The fourth-order valence-electron chi connectivity index (χ4n) is 3.40. The molecule has 0 radical (unpaired) electrons. The van der Waals surface area contributed by atoms with E-state index in [-0.39, 0.29) is 5.91 Å². The summed E-state index contributed by atoms with van der Waals surface area (Å²) in [4.78, 5) is 23.6. The third kappa shape index (κ3) is 5.26. The van der Waals surface area contributed by atoms with E-state index in [1.54, 1.807) is 18.1 Å². The van der Waals surface area contributed by atoms with Crippen molar-refractivity contribution in [3.8, 4) is 5.75 Å². The average Bonchev–Trinajstić information content (AvgIpc) is 3.22. The van der Waals surface area contributed by atoms with Crippen LogP contribution >= 0.6 is 0 Å². The first kappa shape index (κ1) is 21.1. The van der Waals surface area contributed by atoms with Gasteiger partial charge in [-0.25, -0.2) is 4.98 Å². The summed E-state index contributed by atoms with van der Waals surface area (Å²) in [6.45, 7) is 6.87. The van der Waals surface area contributed by atoms with Gasteiger partial charge >= 0.3 is 0 Å². The van der Waals surface area contributed by atoms with Crippen molar-refractivity contribution in [2.75, 3.05) is 50.6 Å². The Labute approximate surface area is 174 Å². The zero-order valence-corrected chi connectivity index (χ0v) is 18.1. The van der Waals surface area contributed by atoms with Crippen molar-refractivity contribution in [3.63, 3.8) is 0 Å². The highest BCUT2D eigenvalue weighted by molar-refractivity contribution is 6.05. The number of hydrogen-bond donors (Lipinski definition) is 0. The lowest BCUT2D eigenvalue weighted by Crippen LogP contribution is -2.31. The molecule has 156 valence electrons. The molecule has 29 heavy (non-hydrogen) atoms. The third-order valence-corrected chi connectivity index (χ3v) is 5.33. The SMILES string of the molecule is CC(C)COc1ccc(C(=O)N(C)c2ccc(N3CCC(N(C)C)C3)nc2)cc1. The van der Waals surface area contributed by atoms with E-state index in [2.05, 4.69) is 42.7 Å². The predicted molar refractivity (Wildman–Crippen MR) is 118 cm³/mol. The van der Waals surface area contributed by atoms with E-state index in [1.165, 1.54) is 0 Å². The molecule has 1 atom stereocenters. The number of aromatic nitrogens is 1. The zero-order valence-electron chi connectivity index (χ0n) is 18.1. The summed E-state index contributed by atoms with van der Waals surface area (Å²) in [5.74, 6) is 2.15. The van der Waals surface area contributed by atoms with Gasteiger partial charge in [-0.3, -0.25) is 4.79 Å². The molecule has 6 nitrogen and oxygen atoms in total. The van der Waals surface area contributed by atoms with E-state index < -0.39 is 0 Å². The van der Waals surface area contributed by atoms with Gasteiger partial charge in [-0.2, -0.15) is 0 Å². The molecule has 1 aliphatic rings. The van der Waals surface area contributed by atoms with E-state index in [0.29, 0.717) is 24.1 Å². The van der Waals surface area contributed by atoms with Crippen LogP contribution in [0.4, 0.5) is 11.5 Å². The van der Waals surface area contributed by atoms with Crippen LogP contribution in [0.15, 0.2) is 42.6 Å². The molecule has 0 saturated carbocycles. The van der Waals surface area contributed by atoms with E-state index in [0.717, 1.165) is 36.8 Å². The van der Waals surface area contributed by atoms with Crippen LogP contribution in [-0.4, -0.2) is 62.7 Å². The number of carbonyl (C=O) groups is 1. The Morgan fingerprint density at radius 2 is 1.90 bits per heavy atom. The number of nitrogens with zero attached hydrogens (tertiary/aromatic N) is 4. The molecule has 1 amide bonds. The maximum atomic E-state index is 12.8. The first-order valence-corrected chi connectivity index (χ1v) is 10.2. The minimum Gasteiger partial charge on any atom is -0.493 e. The van der Waals surface area contributed by atoms with Crippen LogP contribution in [-0.2, 0) is 0 Å². The second-order valence-electron chi connectivity index (χ2n) is 8.32. The molecule has 1 aliphatic heterocycles. The van der Waals surface area contributed by atoms with Crippen LogP contribution in [0.1, 0.15) is 30.6 Å². The summed E-state index contributed by atoms with van der Waals surface area (Å²) >= 11 is 0. The van der Waals surface area contributed by atoms with E-state index in [9.17, 15) is 4.79 Å². The van der Waals surface area contributed by atoms with Crippen LogP contribution in [0.2, 0.25) is 0 Å². The number of pyridine rings is 1. The maximum Gasteiger partial charge on any atom is 0.258 e. The number of rotatable bonds is 7. The lowest BCUT2D eigenvalue weighted by atomic mass is 10.2. The van der Waals surface area contributed by atoms with Crippen LogP contribution in [0.3, 0.4) is 0 Å². The van der Waals surface area contributed by atoms with Crippen LogP contribution in [0.25, 0.3) is 0 Å². The van der Waals surface area contributed by atoms with E-state index in [1.807, 2.05) is 36.4 Å². The fourth-order valence-corrected chi connectivity index (χ4v) is 3.40. The Balaban J connectivity index is 1.62. The molecule has 2 aromatic rings. The molecule has 1 aromatic carbocycles. The Kier molecular flexibility index (Phi) is 6.75. The second kappa shape index (κ2) is 9.27. The molecule has 2 heterocycles. The Morgan fingerprint density at radius 1 is 1.17 bits per heavy atom. The van der Waals surface area contributed by atoms with E-state index in [4.69, 9.17) is 4.74 Å². The first-order valence-electron chi connectivity index (χ1n) is 10.2. The van der Waals surface area contributed by atoms with Crippen LogP contribution in [0.5, 0.6) is 5.75 Å². The van der Waals surface area contributed by atoms with Crippen molar-refractivity contribution in [1.82, 2.24) is 9.88 Å². The van der Waals surface area contributed by atoms with Gasteiger partial charge < -0.3 is 19.4 Å². The standard InChI is InChI=1S/C23H32N4O2/c1-17(2)16-29-21-9-6-18(7-10-21)23(28)26(5)19-8-11-22(24-14-19)27-13-12-20(15-27)25(3)4/h6-11,14,17,20H,12-13,15-16H2,1-5H3. The van der Waals surface area contributed by atoms with Crippen molar-refractivity contribution in [2.24, 2.45) is 5.92 Å². The fraction of sp³-hybridized carbons (Fsp3) is 0.478. The molecular weight excluding hydrogens is 364 g/mol. The monoisotopic (exact) mass is 396 g/mol. The summed E-state index contributed by atoms with van der Waals surface area (Å²) in [5, 5.41) is 0. The highest BCUT2D eigenvalue weighted by atomic mass is 16.5. The summed E-state index contributed by atoms with van der Waals surface area (Å²) in [6.07, 6.45) is 2.92. The molecule has 1 saturated heterocycles. The number of likely N-dealkylation sites (N-methyl/N-ethyl adjacent to an activating group) is 1. The number of ether oxygens (including phenoxy) is 1. The van der Waals surface area contributed by atoms with Gasteiger partial charge in [0.15, 0.2) is 0 Å². The molecule has 0 bridgehead atoms. The highest BCUT2D eigenvalue weighted by Gasteiger charge is 2.25. The van der Waals surface area contributed by atoms with Gasteiger partial charge in [-0.15, -0.1) is 0 Å². The van der Waals surface area contributed by atoms with Crippen molar-refractivity contribution in [3.05, 3.63) is 48.2 Å². The minimum absolute atomic E-state index is 0.0659. The molecule has 1 aromatic heterocycles. The number of amides is 1. The second-order valence-corrected chi connectivity index (χ2v) is 8.32. The average molecular weight is 397 g/mol. The van der Waals surface area contributed by atoms with Gasteiger partial charge in [-0.05, 0) is 62.8 Å². The van der Waals surface area contributed by atoms with Crippen molar-refractivity contribution >= 4 is 17.4 Å². The molecule has 3 rings (SSSR count). The highest BCUT2D eigenvalue weighted by Crippen LogP contribution is 2.23. The zero-order chi connectivity index (χ0) is 21.0. The van der Waals surface area contributed by atoms with Crippen molar-refractivity contribution in [2.45, 2.75) is 26.3 Å². The van der Waals surface area contributed by atoms with Gasteiger partial charge in [-0.1, -0.05) is 13.8 Å². The molecule has 0 aliphatic carbocycles. The number of carbonyl (C=O) groups excluding carboxylic acids is 1. The molecule has 0 spiro atoms. The van der Waals surface area contributed by atoms with Crippen molar-refractivity contribution in [1.29, 1.82) is 0 Å². The largest absolute Gasteiger partial charge is 0.493 e. The Morgan fingerprint density at radius 3 is 2.45 bits per heavy atom. The van der Waals surface area contributed by atoms with Crippen LogP contribution in [0, 0.1) is 5.92 Å². The van der Waals surface area contributed by atoms with Gasteiger partial charge in [0.1, 0.15) is 11.6 Å².